The van der Waals surface area contributed by atoms with E-state index in [9.17, 15) is 51.3 Å². The Labute approximate surface area is 433 Å². The van der Waals surface area contributed by atoms with E-state index in [1.165, 1.54) is 33.0 Å². The molecule has 3 saturated heterocycles. The number of methoxy groups -OCH3 is 1. The molecule has 3 fully saturated rings. The third-order valence-corrected chi connectivity index (χ3v) is 14.0. The molecule has 6 N–H and O–H groups in total. The zero-order valence-corrected chi connectivity index (χ0v) is 42.6. The van der Waals surface area contributed by atoms with E-state index in [1.807, 2.05) is 5.32 Å². The zero-order valence-electron chi connectivity index (χ0n) is 42.6. The number of aromatic nitrogens is 4. The topological polar surface area (TPSA) is 229 Å². The molecule has 7 rings (SSSR count). The maximum atomic E-state index is 16.1. The van der Waals surface area contributed by atoms with Crippen LogP contribution >= 0.6 is 0 Å². The lowest BCUT2D eigenvalue weighted by Gasteiger charge is -2.47. The third-order valence-electron chi connectivity index (χ3n) is 14.0. The number of amides is 4. The number of fused-ring (bicyclic) bond motifs is 2. The van der Waals surface area contributed by atoms with Crippen LogP contribution < -0.4 is 26.3 Å². The van der Waals surface area contributed by atoms with Gasteiger partial charge in [0.1, 0.15) is 30.3 Å². The number of carbonyl (C=O) groups is 4. The minimum Gasteiger partial charge on any atom is -0.465 e. The summed E-state index contributed by atoms with van der Waals surface area (Å²) in [7, 11) is 0.877. The number of alkyl halides is 5. The average molecular weight is 1080 g/mol. The van der Waals surface area contributed by atoms with Gasteiger partial charge >= 0.3 is 18.4 Å². The molecular formula is C50H62F7N11O8. The summed E-state index contributed by atoms with van der Waals surface area (Å²) < 4.78 is 113. The normalized spacial score (nSPS) is 18.9. The number of aliphatic hydroxyl groups is 1. The summed E-state index contributed by atoms with van der Waals surface area (Å²) in [5, 5.41) is 32.9. The van der Waals surface area contributed by atoms with Crippen LogP contribution in [0.25, 0.3) is 22.4 Å². The molecule has 26 heteroatoms. The maximum Gasteiger partial charge on any atom is 0.407 e. The summed E-state index contributed by atoms with van der Waals surface area (Å²) in [6, 6.07) is 5.32. The van der Waals surface area contributed by atoms with E-state index in [0.29, 0.717) is 54.6 Å². The van der Waals surface area contributed by atoms with Gasteiger partial charge in [0.2, 0.25) is 11.9 Å². The number of nitrogens with one attached hydrogen (secondary N) is 4. The lowest BCUT2D eigenvalue weighted by Crippen LogP contribution is -2.63. The molecule has 2 aromatic heterocycles. The van der Waals surface area contributed by atoms with Crippen molar-refractivity contribution >= 4 is 29.9 Å². The van der Waals surface area contributed by atoms with E-state index in [4.69, 9.17) is 4.74 Å². The Morgan fingerprint density at radius 2 is 1.46 bits per heavy atom. The Hall–Kier alpha value is -6.64. The molecule has 2 unspecified atom stereocenters. The molecule has 4 aromatic rings. The fourth-order valence-corrected chi connectivity index (χ4v) is 9.65. The van der Waals surface area contributed by atoms with Crippen LogP contribution in [0.15, 0.2) is 61.1 Å². The van der Waals surface area contributed by atoms with E-state index >= 15 is 8.78 Å². The Morgan fingerprint density at radius 1 is 0.842 bits per heavy atom. The van der Waals surface area contributed by atoms with Crippen molar-refractivity contribution in [2.75, 3.05) is 44.9 Å². The van der Waals surface area contributed by atoms with Crippen molar-refractivity contribution in [3.05, 3.63) is 83.8 Å². The number of piperazine rings is 1. The van der Waals surface area contributed by atoms with Gasteiger partial charge in [0.05, 0.1) is 49.6 Å². The molecule has 2 aromatic carbocycles. The van der Waals surface area contributed by atoms with E-state index in [-0.39, 0.29) is 17.7 Å². The number of hydrazine groups is 1. The molecule has 76 heavy (non-hydrogen) atoms. The third kappa shape index (κ3) is 13.5. The van der Waals surface area contributed by atoms with Crippen LogP contribution in [-0.4, -0.2) is 159 Å². The monoisotopic (exact) mass is 1080 g/mol. The lowest BCUT2D eigenvalue weighted by atomic mass is 9.82. The number of ether oxygens (including phenoxy) is 2. The first kappa shape index (κ1) is 57.1. The van der Waals surface area contributed by atoms with Gasteiger partial charge in [-0.1, -0.05) is 45.0 Å². The number of hydrogen-bond donors (Lipinski definition) is 6. The number of halogens is 7. The molecular weight excluding hydrogens is 1020 g/mol. The molecule has 0 aliphatic carbocycles. The minimum atomic E-state index is -5.09. The number of carboxylic acid groups (broad SMARTS) is 1. The van der Waals surface area contributed by atoms with E-state index in [1.54, 1.807) is 36.7 Å². The summed E-state index contributed by atoms with van der Waals surface area (Å²) in [6.07, 6.45) is -6.40. The van der Waals surface area contributed by atoms with E-state index in [0.717, 1.165) is 68.1 Å². The Morgan fingerprint density at radius 3 is 1.99 bits per heavy atom. The number of rotatable bonds is 20. The highest BCUT2D eigenvalue weighted by atomic mass is 19.4. The van der Waals surface area contributed by atoms with Gasteiger partial charge in [-0.25, -0.2) is 42.1 Å². The van der Waals surface area contributed by atoms with Crippen molar-refractivity contribution in [3.63, 3.8) is 0 Å². The fraction of sp³-hybridized carbons (Fsp3) is 0.540. The molecule has 2 bridgehead atoms. The smallest absolute Gasteiger partial charge is 0.407 e. The molecule has 3 aliphatic rings. The molecule has 19 nitrogen and oxygen atoms in total. The predicted molar refractivity (Wildman–Crippen MR) is 260 cm³/mol. The van der Waals surface area contributed by atoms with E-state index in [2.05, 4.69) is 45.7 Å². The summed E-state index contributed by atoms with van der Waals surface area (Å²) in [4.78, 5) is 66.4. The molecule has 5 heterocycles. The summed E-state index contributed by atoms with van der Waals surface area (Å²) in [6.45, 7) is 6.43. The predicted octanol–water partition coefficient (Wildman–Crippen LogP) is 5.52. The number of hydrogen-bond acceptors (Lipinski definition) is 13. The van der Waals surface area contributed by atoms with Crippen molar-refractivity contribution in [2.24, 2.45) is 10.8 Å². The second-order valence-corrected chi connectivity index (χ2v) is 20.9. The van der Waals surface area contributed by atoms with Gasteiger partial charge in [-0.05, 0) is 67.9 Å². The number of aliphatic hydroxyl groups excluding tert-OH is 1. The first-order valence-corrected chi connectivity index (χ1v) is 24.5. The van der Waals surface area contributed by atoms with Gasteiger partial charge < -0.3 is 40.5 Å². The molecule has 0 spiro atoms. The van der Waals surface area contributed by atoms with Crippen LogP contribution in [0.5, 0.6) is 0 Å². The van der Waals surface area contributed by atoms with Gasteiger partial charge in [0.15, 0.2) is 0 Å². The van der Waals surface area contributed by atoms with Crippen LogP contribution in [0.1, 0.15) is 58.6 Å². The van der Waals surface area contributed by atoms with Crippen LogP contribution in [0.3, 0.4) is 0 Å². The minimum absolute atomic E-state index is 0.0589. The Kier molecular flexibility index (Phi) is 17.5. The molecule has 414 valence electrons. The van der Waals surface area contributed by atoms with Gasteiger partial charge in [0, 0.05) is 73.5 Å². The largest absolute Gasteiger partial charge is 0.465 e. The Bertz CT molecular complexity index is 2650. The average Bonchev–Trinajstić information content (AvgIpc) is 3.88. The van der Waals surface area contributed by atoms with Gasteiger partial charge in [-0.2, -0.15) is 18.3 Å². The van der Waals surface area contributed by atoms with Gasteiger partial charge in [-0.15, -0.1) is 0 Å². The first-order valence-electron chi connectivity index (χ1n) is 24.5. The van der Waals surface area contributed by atoms with Crippen molar-refractivity contribution < 1.29 is 69.6 Å². The second kappa shape index (κ2) is 23.3. The van der Waals surface area contributed by atoms with Crippen molar-refractivity contribution in [1.29, 1.82) is 0 Å². The van der Waals surface area contributed by atoms with E-state index < -0.39 is 108 Å². The van der Waals surface area contributed by atoms with Crippen LogP contribution in [-0.2, 0) is 38.6 Å². The van der Waals surface area contributed by atoms with Crippen molar-refractivity contribution in [1.82, 2.24) is 51.0 Å². The Balaban J connectivity index is 1.17. The maximum absolute atomic E-state index is 16.1. The number of alkyl carbamates (subject to hydrolysis) is 1. The molecule has 0 radical (unpaired) electrons. The quantitative estimate of drug-likeness (QED) is 0.0474. The molecule has 0 saturated carbocycles. The number of benzene rings is 2. The highest BCUT2D eigenvalue weighted by Gasteiger charge is 2.56. The first-order chi connectivity index (χ1) is 35.7. The molecule has 3 aliphatic heterocycles. The number of carbonyl (C=O) groups excluding carboxylic acids is 3. The lowest BCUT2D eigenvalue weighted by molar-refractivity contribution is -0.220. The SMILES string of the molecule is COC(=O)N[C@H](C(=O)N[C@@H](Cc1ccc(-c2cnc(N3CC4CCC(C3)N4C3COC3)nc2)cc1)[C@@H](O)CN(Cc1c(F)cc(-c2ccn(CC(F)F)n2)cc1F)NC(=O)[C@@H](NC(=O)O)C(C)(C)C)C(C)(C)C(F)(F)F. The second-order valence-electron chi connectivity index (χ2n) is 20.9. The molecule has 6 atom stereocenters. The van der Waals surface area contributed by atoms with Crippen LogP contribution in [0.2, 0.25) is 0 Å². The van der Waals surface area contributed by atoms with Crippen LogP contribution in [0, 0.1) is 22.5 Å². The number of anilines is 1. The fourth-order valence-electron chi connectivity index (χ4n) is 9.65. The van der Waals surface area contributed by atoms with Crippen molar-refractivity contribution in [2.45, 2.75) is 122 Å². The van der Waals surface area contributed by atoms with Gasteiger partial charge in [0.25, 0.3) is 12.3 Å². The standard InChI is InChI=1S/C50H62F7N11O8/c1-48(2,3)41(61-46(72)73)44(71)64-67(22-34-35(51)16-29(17-36(34)52)37-13-14-66(63-37)24-40(53)54)23-39(69)38(60-43(70)42(62-47(74)75-6)49(4,5)50(55,56)57)15-27-7-9-28(10-8-27)30-18-58-45(59-19-30)65-20-31-11-12-32(21-65)68(31)33-25-76-26-33/h7-10,13-14,16-19,31-33,38-42,61,69H,11-12,15,20-26H2,1-6H3,(H,60,70)(H,62,74)(H,64,71)(H,72,73)/t31?,32?,38-,39-,41+,42+/m0/s1. The number of nitrogens with zero attached hydrogens (tertiary/aromatic N) is 7. The zero-order chi connectivity index (χ0) is 55.4. The van der Waals surface area contributed by atoms with Crippen molar-refractivity contribution in [3.8, 4) is 22.4 Å². The van der Waals surface area contributed by atoms with Crippen LogP contribution in [0.4, 0.5) is 46.3 Å². The summed E-state index contributed by atoms with van der Waals surface area (Å²) >= 11 is 0. The van der Waals surface area contributed by atoms with Gasteiger partial charge in [-0.3, -0.25) is 24.6 Å². The highest BCUT2D eigenvalue weighted by molar-refractivity contribution is 5.87. The molecule has 4 amide bonds. The highest BCUT2D eigenvalue weighted by Crippen LogP contribution is 2.41. The summed E-state index contributed by atoms with van der Waals surface area (Å²) in [5.74, 6) is -4.33. The summed E-state index contributed by atoms with van der Waals surface area (Å²) in [5.41, 5.74) is -0.867.